The second-order valence-corrected chi connectivity index (χ2v) is 5.97. The van der Waals surface area contributed by atoms with Crippen LogP contribution in [0.3, 0.4) is 0 Å². The molecule has 0 N–H and O–H groups in total. The van der Waals surface area contributed by atoms with Crippen LogP contribution in [-0.2, 0) is 14.4 Å². The maximum absolute atomic E-state index is 12.4. The minimum atomic E-state index is -0.427. The van der Waals surface area contributed by atoms with E-state index < -0.39 is 11.7 Å². The Morgan fingerprint density at radius 2 is 1.62 bits per heavy atom. The number of Topliss-reactive ketones (excluding diaryl/α,β-unsaturated/α-hetero) is 2. The summed E-state index contributed by atoms with van der Waals surface area (Å²) in [5.41, 5.74) is 1.02. The number of ketones is 2. The molecule has 21 heavy (non-hydrogen) atoms. The molecule has 0 aromatic heterocycles. The summed E-state index contributed by atoms with van der Waals surface area (Å²) in [6.45, 7) is 1.97. The van der Waals surface area contributed by atoms with Gasteiger partial charge in [-0.1, -0.05) is 37.3 Å². The molecule has 0 heterocycles. The molecule has 0 unspecified atom stereocenters. The third-order valence-corrected chi connectivity index (χ3v) is 4.38. The Labute approximate surface area is 125 Å². The lowest BCUT2D eigenvalue weighted by Crippen LogP contribution is -2.35. The van der Waals surface area contributed by atoms with Crippen molar-refractivity contribution in [2.45, 2.75) is 25.7 Å². The lowest BCUT2D eigenvalue weighted by atomic mass is 9.77. The number of carbonyl (C=O) groups excluding carboxylic acids is 3. The molecular weight excluding hydrogens is 266 g/mol. The Bertz CT molecular complexity index is 550. The van der Waals surface area contributed by atoms with Crippen molar-refractivity contribution in [3.05, 3.63) is 35.9 Å². The third kappa shape index (κ3) is 3.20. The maximum Gasteiger partial charge on any atom is 0.225 e. The molecule has 1 aliphatic carbocycles. The molecule has 1 aliphatic rings. The summed E-state index contributed by atoms with van der Waals surface area (Å²) in [4.78, 5) is 37.8. The molecule has 1 aromatic carbocycles. The molecule has 3 atom stereocenters. The monoisotopic (exact) mass is 287 g/mol. The van der Waals surface area contributed by atoms with Gasteiger partial charge in [-0.2, -0.15) is 0 Å². The standard InChI is InChI=1S/C17H21NO3/c1-11-13(12-7-5-4-6-8-12)9-15(19)16(20)10-14(11)17(21)18(2)3/h4-8,11,13-14H,9-10H2,1-3H3/t11-,13+,14+/m1/s1. The average Bonchev–Trinajstić information content (AvgIpc) is 2.58. The zero-order valence-corrected chi connectivity index (χ0v) is 12.7. The second-order valence-electron chi connectivity index (χ2n) is 5.97. The molecule has 112 valence electrons. The molecule has 2 rings (SSSR count). The first-order valence-electron chi connectivity index (χ1n) is 7.24. The number of carbonyl (C=O) groups is 3. The molecule has 0 radical (unpaired) electrons. The molecule has 0 bridgehead atoms. The first-order valence-corrected chi connectivity index (χ1v) is 7.24. The maximum atomic E-state index is 12.4. The molecule has 0 saturated heterocycles. The number of benzene rings is 1. The van der Waals surface area contributed by atoms with Gasteiger partial charge in [0.2, 0.25) is 5.91 Å². The summed E-state index contributed by atoms with van der Waals surface area (Å²) in [5.74, 6) is -1.40. The molecule has 1 amide bonds. The summed E-state index contributed by atoms with van der Waals surface area (Å²) in [6, 6.07) is 9.67. The number of nitrogens with zero attached hydrogens (tertiary/aromatic N) is 1. The average molecular weight is 287 g/mol. The van der Waals surface area contributed by atoms with Crippen LogP contribution in [-0.4, -0.2) is 36.5 Å². The predicted molar refractivity (Wildman–Crippen MR) is 79.8 cm³/mol. The van der Waals surface area contributed by atoms with Gasteiger partial charge in [0.1, 0.15) is 0 Å². The lowest BCUT2D eigenvalue weighted by molar-refractivity contribution is -0.139. The Balaban J connectivity index is 2.38. The van der Waals surface area contributed by atoms with E-state index in [-0.39, 0.29) is 36.4 Å². The van der Waals surface area contributed by atoms with E-state index in [9.17, 15) is 14.4 Å². The van der Waals surface area contributed by atoms with E-state index in [0.717, 1.165) is 5.56 Å². The van der Waals surface area contributed by atoms with Gasteiger partial charge in [0.25, 0.3) is 0 Å². The zero-order chi connectivity index (χ0) is 15.6. The van der Waals surface area contributed by atoms with Gasteiger partial charge in [-0.25, -0.2) is 0 Å². The van der Waals surface area contributed by atoms with Crippen LogP contribution in [0, 0.1) is 11.8 Å². The Kier molecular flexibility index (Phi) is 4.56. The largest absolute Gasteiger partial charge is 0.349 e. The van der Waals surface area contributed by atoms with Crippen molar-refractivity contribution in [1.82, 2.24) is 4.90 Å². The minimum absolute atomic E-state index is 0.0281. The van der Waals surface area contributed by atoms with Crippen LogP contribution in [0.15, 0.2) is 30.3 Å². The van der Waals surface area contributed by atoms with E-state index in [1.54, 1.807) is 14.1 Å². The van der Waals surface area contributed by atoms with Crippen molar-refractivity contribution in [3.8, 4) is 0 Å². The SMILES string of the molecule is C[C@H]1[C@@H](C(=O)N(C)C)CC(=O)C(=O)C[C@@H]1c1ccccc1. The highest BCUT2D eigenvalue weighted by molar-refractivity contribution is 6.37. The van der Waals surface area contributed by atoms with Crippen LogP contribution in [0.2, 0.25) is 0 Å². The van der Waals surface area contributed by atoms with Gasteiger partial charge in [0.05, 0.1) is 0 Å². The van der Waals surface area contributed by atoms with Gasteiger partial charge < -0.3 is 4.90 Å². The molecule has 1 fully saturated rings. The van der Waals surface area contributed by atoms with Crippen LogP contribution in [0.5, 0.6) is 0 Å². The van der Waals surface area contributed by atoms with Crippen LogP contribution in [0.25, 0.3) is 0 Å². The fraction of sp³-hybridized carbons (Fsp3) is 0.471. The summed E-state index contributed by atoms with van der Waals surface area (Å²) in [7, 11) is 3.37. The smallest absolute Gasteiger partial charge is 0.225 e. The molecule has 4 nitrogen and oxygen atoms in total. The van der Waals surface area contributed by atoms with Crippen LogP contribution in [0.1, 0.15) is 31.2 Å². The van der Waals surface area contributed by atoms with Crippen molar-refractivity contribution in [2.24, 2.45) is 11.8 Å². The van der Waals surface area contributed by atoms with Crippen molar-refractivity contribution < 1.29 is 14.4 Å². The molecule has 1 saturated carbocycles. The van der Waals surface area contributed by atoms with E-state index in [1.165, 1.54) is 4.90 Å². The van der Waals surface area contributed by atoms with Crippen molar-refractivity contribution in [2.75, 3.05) is 14.1 Å². The van der Waals surface area contributed by atoms with Gasteiger partial charge in [-0.15, -0.1) is 0 Å². The molecular formula is C17H21NO3. The van der Waals surface area contributed by atoms with Crippen LogP contribution >= 0.6 is 0 Å². The highest BCUT2D eigenvalue weighted by atomic mass is 16.2. The van der Waals surface area contributed by atoms with Crippen LogP contribution < -0.4 is 0 Å². The lowest BCUT2D eigenvalue weighted by Gasteiger charge is -2.29. The van der Waals surface area contributed by atoms with Crippen molar-refractivity contribution in [3.63, 3.8) is 0 Å². The van der Waals surface area contributed by atoms with Gasteiger partial charge >= 0.3 is 0 Å². The topological polar surface area (TPSA) is 54.5 Å². The normalized spacial score (nSPS) is 26.3. The van der Waals surface area contributed by atoms with Crippen molar-refractivity contribution >= 4 is 17.5 Å². The Morgan fingerprint density at radius 3 is 2.19 bits per heavy atom. The van der Waals surface area contributed by atoms with Gasteiger partial charge in [0.15, 0.2) is 11.6 Å². The highest BCUT2D eigenvalue weighted by Gasteiger charge is 2.40. The van der Waals surface area contributed by atoms with E-state index in [0.29, 0.717) is 0 Å². The third-order valence-electron chi connectivity index (χ3n) is 4.38. The van der Waals surface area contributed by atoms with E-state index in [2.05, 4.69) is 0 Å². The Hall–Kier alpha value is -1.97. The number of amides is 1. The molecule has 1 aromatic rings. The Morgan fingerprint density at radius 1 is 1.05 bits per heavy atom. The molecule has 0 aliphatic heterocycles. The van der Waals surface area contributed by atoms with E-state index in [4.69, 9.17) is 0 Å². The second kappa shape index (κ2) is 6.20. The quantitative estimate of drug-likeness (QED) is 0.618. The summed E-state index contributed by atoms with van der Waals surface area (Å²) < 4.78 is 0. The van der Waals surface area contributed by atoms with Crippen molar-refractivity contribution in [1.29, 1.82) is 0 Å². The fourth-order valence-corrected chi connectivity index (χ4v) is 3.04. The summed E-state index contributed by atoms with van der Waals surface area (Å²) in [5, 5.41) is 0. The van der Waals surface area contributed by atoms with Gasteiger partial charge in [-0.3, -0.25) is 14.4 Å². The first kappa shape index (κ1) is 15.4. The number of hydrogen-bond donors (Lipinski definition) is 0. The molecule has 0 spiro atoms. The van der Waals surface area contributed by atoms with Crippen LogP contribution in [0.4, 0.5) is 0 Å². The van der Waals surface area contributed by atoms with Gasteiger partial charge in [0, 0.05) is 32.9 Å². The van der Waals surface area contributed by atoms with Gasteiger partial charge in [-0.05, 0) is 17.4 Å². The summed E-state index contributed by atoms with van der Waals surface area (Å²) >= 11 is 0. The van der Waals surface area contributed by atoms with E-state index in [1.807, 2.05) is 37.3 Å². The fourth-order valence-electron chi connectivity index (χ4n) is 3.04. The zero-order valence-electron chi connectivity index (χ0n) is 12.7. The summed E-state index contributed by atoms with van der Waals surface area (Å²) in [6.07, 6.45) is 0.224. The highest BCUT2D eigenvalue weighted by Crippen LogP contribution is 2.38. The predicted octanol–water partition coefficient (Wildman–Crippen LogP) is 2.04. The van der Waals surface area contributed by atoms with E-state index >= 15 is 0 Å². The minimum Gasteiger partial charge on any atom is -0.349 e. The number of rotatable bonds is 2. The number of hydrogen-bond acceptors (Lipinski definition) is 3. The first-order chi connectivity index (χ1) is 9.91. The molecule has 4 heteroatoms.